The van der Waals surface area contributed by atoms with Crippen molar-refractivity contribution in [3.63, 3.8) is 0 Å². The van der Waals surface area contributed by atoms with E-state index in [-0.39, 0.29) is 18.2 Å². The molecule has 1 aromatic heterocycles. The number of benzene rings is 1. The number of urea groups is 1. The molecule has 26 heavy (non-hydrogen) atoms. The van der Waals surface area contributed by atoms with Gasteiger partial charge in [-0.05, 0) is 18.6 Å². The second kappa shape index (κ2) is 8.25. The van der Waals surface area contributed by atoms with E-state index in [0.29, 0.717) is 28.8 Å². The van der Waals surface area contributed by atoms with Gasteiger partial charge in [0.15, 0.2) is 11.5 Å². The van der Waals surface area contributed by atoms with Crippen LogP contribution in [0.5, 0.6) is 11.5 Å². The van der Waals surface area contributed by atoms with Crippen LogP contribution in [0.25, 0.3) is 0 Å². The molecule has 138 valence electrons. The number of hydrogen-bond donors (Lipinski definition) is 2. The van der Waals surface area contributed by atoms with Crippen LogP contribution in [0.4, 0.5) is 10.5 Å². The van der Waals surface area contributed by atoms with Crippen LogP contribution in [-0.2, 0) is 4.74 Å². The molecular weight excluding hydrogens is 358 g/mol. The largest absolute Gasteiger partial charge is 0.493 e. The van der Waals surface area contributed by atoms with E-state index in [1.54, 1.807) is 24.5 Å². The first kappa shape index (κ1) is 18.3. The Morgan fingerprint density at radius 3 is 2.88 bits per heavy atom. The number of rotatable bonds is 5. The summed E-state index contributed by atoms with van der Waals surface area (Å²) in [7, 11) is 3.01. The number of amides is 2. The van der Waals surface area contributed by atoms with Crippen LogP contribution in [0.2, 0.25) is 5.02 Å². The summed E-state index contributed by atoms with van der Waals surface area (Å²) in [5, 5.41) is 6.06. The van der Waals surface area contributed by atoms with Gasteiger partial charge < -0.3 is 24.8 Å². The summed E-state index contributed by atoms with van der Waals surface area (Å²) >= 11 is 6.17. The molecular formula is C18H20ClN3O4. The van der Waals surface area contributed by atoms with Crippen molar-refractivity contribution >= 4 is 23.3 Å². The summed E-state index contributed by atoms with van der Waals surface area (Å²) in [6, 6.07) is 6.54. The van der Waals surface area contributed by atoms with Crippen LogP contribution < -0.4 is 20.1 Å². The highest BCUT2D eigenvalue weighted by Crippen LogP contribution is 2.37. The van der Waals surface area contributed by atoms with E-state index in [1.807, 2.05) is 12.1 Å². The molecule has 2 N–H and O–H groups in total. The zero-order chi connectivity index (χ0) is 18.5. The second-order valence-electron chi connectivity index (χ2n) is 5.76. The quantitative estimate of drug-likeness (QED) is 0.834. The smallest absolute Gasteiger partial charge is 0.319 e. The first-order valence-electron chi connectivity index (χ1n) is 8.13. The Kier molecular flexibility index (Phi) is 5.80. The normalized spacial score (nSPS) is 19.0. The second-order valence-corrected chi connectivity index (χ2v) is 6.17. The fourth-order valence-electron chi connectivity index (χ4n) is 2.94. The molecule has 7 nitrogen and oxygen atoms in total. The van der Waals surface area contributed by atoms with Crippen LogP contribution >= 0.6 is 11.6 Å². The summed E-state index contributed by atoms with van der Waals surface area (Å²) < 4.78 is 16.2. The minimum atomic E-state index is -0.349. The molecule has 0 saturated carbocycles. The number of hydrogen-bond acceptors (Lipinski definition) is 5. The van der Waals surface area contributed by atoms with Gasteiger partial charge in [-0.15, -0.1) is 0 Å². The number of carbonyl (C=O) groups is 1. The molecule has 0 bridgehead atoms. The van der Waals surface area contributed by atoms with E-state index in [0.717, 1.165) is 12.0 Å². The molecule has 1 aliphatic rings. The maximum atomic E-state index is 12.4. The molecule has 0 unspecified atom stereocenters. The fraction of sp³-hybridized carbons (Fsp3) is 0.333. The highest BCUT2D eigenvalue weighted by molar-refractivity contribution is 6.32. The van der Waals surface area contributed by atoms with Crippen LogP contribution in [0.15, 0.2) is 36.7 Å². The van der Waals surface area contributed by atoms with Gasteiger partial charge in [0.05, 0.1) is 25.3 Å². The number of pyridine rings is 1. The molecule has 2 atom stereocenters. The van der Waals surface area contributed by atoms with Gasteiger partial charge in [-0.2, -0.15) is 0 Å². The van der Waals surface area contributed by atoms with Crippen molar-refractivity contribution in [1.82, 2.24) is 10.3 Å². The van der Waals surface area contributed by atoms with Crippen LogP contribution in [0, 0.1) is 0 Å². The monoisotopic (exact) mass is 377 g/mol. The third-order valence-corrected chi connectivity index (χ3v) is 4.39. The van der Waals surface area contributed by atoms with Crippen molar-refractivity contribution in [2.24, 2.45) is 0 Å². The molecule has 2 aromatic rings. The van der Waals surface area contributed by atoms with Crippen molar-refractivity contribution in [2.45, 2.75) is 18.6 Å². The van der Waals surface area contributed by atoms with E-state index in [2.05, 4.69) is 15.6 Å². The molecule has 8 heteroatoms. The molecule has 2 heterocycles. The Bertz CT molecular complexity index is 773. The molecule has 1 fully saturated rings. The van der Waals surface area contributed by atoms with Gasteiger partial charge in [0.2, 0.25) is 0 Å². The Hall–Kier alpha value is -2.51. The number of halogens is 1. The van der Waals surface area contributed by atoms with Crippen LogP contribution in [0.3, 0.4) is 0 Å². The maximum Gasteiger partial charge on any atom is 0.319 e. The summed E-state index contributed by atoms with van der Waals surface area (Å²) in [5.41, 5.74) is 1.44. The van der Waals surface area contributed by atoms with E-state index in [1.165, 1.54) is 14.2 Å². The first-order chi connectivity index (χ1) is 12.6. The lowest BCUT2D eigenvalue weighted by Gasteiger charge is -2.20. The lowest BCUT2D eigenvalue weighted by molar-refractivity contribution is 0.100. The first-order valence-corrected chi connectivity index (χ1v) is 8.50. The number of nitrogens with one attached hydrogen (secondary N) is 2. The molecule has 0 aliphatic carbocycles. The molecule has 1 saturated heterocycles. The summed E-state index contributed by atoms with van der Waals surface area (Å²) in [5.74, 6) is 0.855. The Morgan fingerprint density at radius 2 is 2.19 bits per heavy atom. The standard InChI is InChI=1S/C18H20ClN3O4/c1-24-15-9-12(8-13(19)17(15)25-2)21-18(23)22-14-5-7-26-16(14)11-4-3-6-20-10-11/h3-4,6,8-10,14,16H,5,7H2,1-2H3,(H2,21,22,23)/t14-,16+/m1/s1. The number of anilines is 1. The predicted molar refractivity (Wildman–Crippen MR) is 98.0 cm³/mol. The molecule has 0 radical (unpaired) electrons. The van der Waals surface area contributed by atoms with Gasteiger partial charge in [-0.3, -0.25) is 4.98 Å². The van der Waals surface area contributed by atoms with Gasteiger partial charge in [-0.1, -0.05) is 17.7 Å². The third kappa shape index (κ3) is 4.00. The lowest BCUT2D eigenvalue weighted by Crippen LogP contribution is -2.39. The van der Waals surface area contributed by atoms with Crippen molar-refractivity contribution in [1.29, 1.82) is 0 Å². The zero-order valence-corrected chi connectivity index (χ0v) is 15.2. The summed E-state index contributed by atoms with van der Waals surface area (Å²) in [4.78, 5) is 16.5. The number of methoxy groups -OCH3 is 2. The van der Waals surface area contributed by atoms with Crippen LogP contribution in [0.1, 0.15) is 18.1 Å². The maximum absolute atomic E-state index is 12.4. The number of ether oxygens (including phenoxy) is 3. The van der Waals surface area contributed by atoms with Crippen molar-refractivity contribution in [2.75, 3.05) is 26.1 Å². The van der Waals surface area contributed by atoms with Gasteiger partial charge >= 0.3 is 6.03 Å². The van der Waals surface area contributed by atoms with Gasteiger partial charge in [0.1, 0.15) is 6.10 Å². The van der Waals surface area contributed by atoms with E-state index >= 15 is 0 Å². The molecule has 0 spiro atoms. The highest BCUT2D eigenvalue weighted by atomic mass is 35.5. The van der Waals surface area contributed by atoms with E-state index in [9.17, 15) is 4.79 Å². The Balaban J connectivity index is 1.68. The van der Waals surface area contributed by atoms with Crippen molar-refractivity contribution < 1.29 is 19.0 Å². The minimum Gasteiger partial charge on any atom is -0.493 e. The van der Waals surface area contributed by atoms with Gasteiger partial charge in [0, 0.05) is 36.3 Å². The molecule has 3 rings (SSSR count). The fourth-order valence-corrected chi connectivity index (χ4v) is 3.22. The summed E-state index contributed by atoms with van der Waals surface area (Å²) in [6.07, 6.45) is 3.95. The van der Waals surface area contributed by atoms with Crippen molar-refractivity contribution in [3.8, 4) is 11.5 Å². The average molecular weight is 378 g/mol. The third-order valence-electron chi connectivity index (χ3n) is 4.11. The lowest BCUT2D eigenvalue weighted by atomic mass is 10.0. The van der Waals surface area contributed by atoms with Crippen LogP contribution in [-0.4, -0.2) is 37.9 Å². The SMILES string of the molecule is COc1cc(NC(=O)N[C@@H]2CCO[C@H]2c2cccnc2)cc(Cl)c1OC. The van der Waals surface area contributed by atoms with E-state index in [4.69, 9.17) is 25.8 Å². The van der Waals surface area contributed by atoms with Gasteiger partial charge in [0.25, 0.3) is 0 Å². The highest BCUT2D eigenvalue weighted by Gasteiger charge is 2.31. The van der Waals surface area contributed by atoms with Gasteiger partial charge in [-0.25, -0.2) is 4.79 Å². The molecule has 1 aromatic carbocycles. The van der Waals surface area contributed by atoms with E-state index < -0.39 is 0 Å². The Labute approximate surface area is 156 Å². The predicted octanol–water partition coefficient (Wildman–Crippen LogP) is 3.40. The topological polar surface area (TPSA) is 81.7 Å². The number of nitrogens with zero attached hydrogens (tertiary/aromatic N) is 1. The molecule has 1 aliphatic heterocycles. The Morgan fingerprint density at radius 1 is 1.35 bits per heavy atom. The number of aromatic nitrogens is 1. The zero-order valence-electron chi connectivity index (χ0n) is 14.5. The van der Waals surface area contributed by atoms with Crippen molar-refractivity contribution in [3.05, 3.63) is 47.2 Å². The minimum absolute atomic E-state index is 0.144. The molecule has 2 amide bonds. The number of carbonyl (C=O) groups excluding carboxylic acids is 1. The average Bonchev–Trinajstić information content (AvgIpc) is 3.09. The summed E-state index contributed by atoms with van der Waals surface area (Å²) in [6.45, 7) is 0.576.